The second-order valence-electron chi connectivity index (χ2n) is 7.39. The van der Waals surface area contributed by atoms with Gasteiger partial charge in [-0.25, -0.2) is 4.99 Å². The van der Waals surface area contributed by atoms with Crippen LogP contribution in [0.25, 0.3) is 6.08 Å². The molecule has 0 spiro atoms. The van der Waals surface area contributed by atoms with Crippen LogP contribution in [0, 0.1) is 5.92 Å². The van der Waals surface area contributed by atoms with E-state index in [1.165, 1.54) is 18.4 Å². The molecule has 0 unspecified atom stereocenters. The average Bonchev–Trinajstić information content (AvgIpc) is 3.30. The van der Waals surface area contributed by atoms with Crippen LogP contribution in [0.4, 0.5) is 0 Å². The standard InChI is InChI=1S/C21H20N4O4S/c1-4-24-12(9-10-22-24)11-15-18(26)25-17-13-7-5-6-8-14(13)29-21(2,23-20(25)30-15)16(17)19(27)28-3/h5-11,16-17H,4H2,1-3H3/b15-11-/t16-,17-,21+/m0/s1. The Morgan fingerprint density at radius 2 is 2.17 bits per heavy atom. The molecule has 9 heteroatoms. The predicted molar refractivity (Wildman–Crippen MR) is 110 cm³/mol. The van der Waals surface area contributed by atoms with Gasteiger partial charge in [-0.1, -0.05) is 29.5 Å². The molecule has 2 aliphatic rings. The maximum Gasteiger partial charge on any atom is 0.317 e. The van der Waals surface area contributed by atoms with Crippen molar-refractivity contribution < 1.29 is 14.3 Å². The summed E-state index contributed by atoms with van der Waals surface area (Å²) in [5.74, 6) is -0.613. The molecule has 0 saturated heterocycles. The number of thiazole rings is 1. The number of fused-ring (bicyclic) bond motifs is 6. The van der Waals surface area contributed by atoms with E-state index >= 15 is 0 Å². The van der Waals surface area contributed by atoms with Crippen LogP contribution >= 0.6 is 11.3 Å². The fraction of sp³-hybridized carbons (Fsp3) is 0.333. The quantitative estimate of drug-likeness (QED) is 0.587. The van der Waals surface area contributed by atoms with E-state index in [4.69, 9.17) is 14.5 Å². The maximum atomic E-state index is 13.5. The molecule has 0 radical (unpaired) electrons. The number of para-hydroxylation sites is 1. The SMILES string of the molecule is CCn1nccc1/C=c1\sc2n(c1=O)[C@H]1c3ccccc3O[C@@](C)(N=2)[C@@H]1C(=O)OC. The van der Waals surface area contributed by atoms with Gasteiger partial charge in [0.2, 0.25) is 5.72 Å². The van der Waals surface area contributed by atoms with E-state index in [2.05, 4.69) is 5.10 Å². The van der Waals surface area contributed by atoms with Crippen LogP contribution in [0.1, 0.15) is 31.1 Å². The van der Waals surface area contributed by atoms with Crippen LogP contribution in [0.3, 0.4) is 0 Å². The molecular formula is C21H20N4O4S. The minimum atomic E-state index is -1.16. The van der Waals surface area contributed by atoms with E-state index < -0.39 is 23.7 Å². The van der Waals surface area contributed by atoms with E-state index in [1.807, 2.05) is 48.0 Å². The van der Waals surface area contributed by atoms with Crippen LogP contribution in [-0.4, -0.2) is 33.2 Å². The first-order chi connectivity index (χ1) is 14.5. The van der Waals surface area contributed by atoms with Gasteiger partial charge in [-0.15, -0.1) is 0 Å². The number of benzene rings is 1. The number of aryl methyl sites for hydroxylation is 1. The summed E-state index contributed by atoms with van der Waals surface area (Å²) >= 11 is 1.29. The molecule has 2 aliphatic heterocycles. The summed E-state index contributed by atoms with van der Waals surface area (Å²) in [6.45, 7) is 4.45. The summed E-state index contributed by atoms with van der Waals surface area (Å²) in [7, 11) is 1.34. The highest BCUT2D eigenvalue weighted by Crippen LogP contribution is 2.47. The number of carbonyl (C=O) groups excluding carboxylic acids is 1. The lowest BCUT2D eigenvalue weighted by atomic mass is 9.81. The number of hydrogen-bond donors (Lipinski definition) is 0. The molecule has 5 rings (SSSR count). The summed E-state index contributed by atoms with van der Waals surface area (Å²) in [5.41, 5.74) is 0.252. The molecule has 154 valence electrons. The zero-order valence-corrected chi connectivity index (χ0v) is 17.5. The smallest absolute Gasteiger partial charge is 0.317 e. The van der Waals surface area contributed by atoms with Crippen molar-refractivity contribution in [2.75, 3.05) is 7.11 Å². The Balaban J connectivity index is 1.80. The molecule has 30 heavy (non-hydrogen) atoms. The molecule has 2 aromatic heterocycles. The van der Waals surface area contributed by atoms with Gasteiger partial charge in [0.15, 0.2) is 4.80 Å². The highest BCUT2D eigenvalue weighted by molar-refractivity contribution is 7.07. The lowest BCUT2D eigenvalue weighted by molar-refractivity contribution is -0.158. The Bertz CT molecular complexity index is 1340. The van der Waals surface area contributed by atoms with Crippen LogP contribution in [0.5, 0.6) is 5.75 Å². The summed E-state index contributed by atoms with van der Waals surface area (Å²) < 4.78 is 15.2. The second kappa shape index (κ2) is 6.66. The van der Waals surface area contributed by atoms with Crippen LogP contribution in [-0.2, 0) is 16.1 Å². The van der Waals surface area contributed by atoms with Gasteiger partial charge in [-0.2, -0.15) is 5.10 Å². The third kappa shape index (κ3) is 2.58. The zero-order chi connectivity index (χ0) is 21.0. The van der Waals surface area contributed by atoms with Gasteiger partial charge in [-0.05, 0) is 32.1 Å². The molecule has 3 atom stereocenters. The van der Waals surface area contributed by atoms with E-state index in [0.29, 0.717) is 21.6 Å². The van der Waals surface area contributed by atoms with Gasteiger partial charge < -0.3 is 9.47 Å². The summed E-state index contributed by atoms with van der Waals surface area (Å²) in [6, 6.07) is 8.75. The topological polar surface area (TPSA) is 87.7 Å². The van der Waals surface area contributed by atoms with Gasteiger partial charge in [-0.3, -0.25) is 18.8 Å². The van der Waals surface area contributed by atoms with Crippen molar-refractivity contribution in [3.05, 3.63) is 67.5 Å². The van der Waals surface area contributed by atoms with Crippen molar-refractivity contribution >= 4 is 23.4 Å². The Kier molecular flexibility index (Phi) is 4.18. The largest absolute Gasteiger partial charge is 0.469 e. The molecule has 0 fully saturated rings. The second-order valence-corrected chi connectivity index (χ2v) is 8.40. The predicted octanol–water partition coefficient (Wildman–Crippen LogP) is 1.08. The number of esters is 1. The number of ether oxygens (including phenoxy) is 2. The molecule has 8 nitrogen and oxygen atoms in total. The number of carbonyl (C=O) groups is 1. The van der Waals surface area contributed by atoms with Crippen molar-refractivity contribution in [3.8, 4) is 5.75 Å². The van der Waals surface area contributed by atoms with Crippen LogP contribution in [0.15, 0.2) is 46.3 Å². The summed E-state index contributed by atoms with van der Waals surface area (Å²) in [5, 5.41) is 4.26. The minimum Gasteiger partial charge on any atom is -0.469 e. The van der Waals surface area contributed by atoms with Gasteiger partial charge in [0.1, 0.15) is 11.7 Å². The third-order valence-electron chi connectivity index (χ3n) is 5.66. The maximum absolute atomic E-state index is 13.5. The highest BCUT2D eigenvalue weighted by Gasteiger charge is 2.55. The first-order valence-electron chi connectivity index (χ1n) is 9.67. The van der Waals surface area contributed by atoms with Crippen LogP contribution in [0.2, 0.25) is 0 Å². The van der Waals surface area contributed by atoms with Gasteiger partial charge in [0.25, 0.3) is 5.56 Å². The van der Waals surface area contributed by atoms with E-state index in [1.54, 1.807) is 17.7 Å². The van der Waals surface area contributed by atoms with Crippen molar-refractivity contribution in [3.63, 3.8) is 0 Å². The number of nitrogens with zero attached hydrogens (tertiary/aromatic N) is 4. The molecule has 1 aromatic carbocycles. The Morgan fingerprint density at radius 3 is 2.93 bits per heavy atom. The number of aromatic nitrogens is 3. The molecule has 0 N–H and O–H groups in total. The monoisotopic (exact) mass is 424 g/mol. The molecule has 0 amide bonds. The lowest BCUT2D eigenvalue weighted by Gasteiger charge is -2.44. The highest BCUT2D eigenvalue weighted by atomic mass is 32.1. The summed E-state index contributed by atoms with van der Waals surface area (Å²) in [4.78, 5) is 31.5. The summed E-state index contributed by atoms with van der Waals surface area (Å²) in [6.07, 6.45) is 3.52. The lowest BCUT2D eigenvalue weighted by Crippen LogP contribution is -2.58. The van der Waals surface area contributed by atoms with Crippen molar-refractivity contribution in [2.45, 2.75) is 32.2 Å². The first-order valence-corrected chi connectivity index (χ1v) is 10.5. The van der Waals surface area contributed by atoms with Gasteiger partial charge >= 0.3 is 5.97 Å². The van der Waals surface area contributed by atoms with E-state index in [9.17, 15) is 9.59 Å². The normalized spacial score (nSPS) is 24.4. The molecule has 0 saturated carbocycles. The van der Waals surface area contributed by atoms with E-state index in [-0.39, 0.29) is 5.56 Å². The van der Waals surface area contributed by atoms with Gasteiger partial charge in [0.05, 0.1) is 23.4 Å². The first kappa shape index (κ1) is 18.8. The molecular weight excluding hydrogens is 404 g/mol. The van der Waals surface area contributed by atoms with Gasteiger partial charge in [0, 0.05) is 18.3 Å². The van der Waals surface area contributed by atoms with Crippen molar-refractivity contribution in [1.29, 1.82) is 0 Å². The number of rotatable bonds is 3. The number of methoxy groups -OCH3 is 1. The third-order valence-corrected chi connectivity index (χ3v) is 6.65. The Morgan fingerprint density at radius 1 is 1.37 bits per heavy atom. The number of hydrogen-bond acceptors (Lipinski definition) is 7. The Labute approximate surface area is 175 Å². The fourth-order valence-corrected chi connectivity index (χ4v) is 5.38. The molecule has 3 aromatic rings. The Hall–Kier alpha value is -3.20. The molecule has 4 heterocycles. The zero-order valence-electron chi connectivity index (χ0n) is 16.7. The molecule has 0 aliphatic carbocycles. The van der Waals surface area contributed by atoms with E-state index in [0.717, 1.165) is 11.3 Å². The van der Waals surface area contributed by atoms with Crippen molar-refractivity contribution in [2.24, 2.45) is 10.9 Å². The minimum absolute atomic E-state index is 0.194. The van der Waals surface area contributed by atoms with Crippen molar-refractivity contribution in [1.82, 2.24) is 14.3 Å². The van der Waals surface area contributed by atoms with Crippen LogP contribution < -0.4 is 19.6 Å². The average molecular weight is 424 g/mol. The molecule has 2 bridgehead atoms. The fourth-order valence-electron chi connectivity index (χ4n) is 4.30.